The van der Waals surface area contributed by atoms with E-state index in [1.54, 1.807) is 0 Å². The van der Waals surface area contributed by atoms with Gasteiger partial charge in [-0.05, 0) is 0 Å². The maximum Gasteiger partial charge on any atom is 0.0987 e. The van der Waals surface area contributed by atoms with Crippen LogP contribution in [0, 0.1) is 5.21 Å². The minimum atomic E-state index is -0.438. The van der Waals surface area contributed by atoms with Gasteiger partial charge in [0.1, 0.15) is 0 Å². The Hall–Kier alpha value is -0.650. The molecular formula is C2H7N3O2. The molecule has 0 aromatic rings. The molecule has 0 radical (unpaired) electrons. The first-order valence-corrected chi connectivity index (χ1v) is 1.65. The molecule has 2 N–H and O–H groups in total. The molecule has 0 aliphatic heterocycles. The molecule has 1 unspecified atom stereocenters. The van der Waals surface area contributed by atoms with Gasteiger partial charge in [-0.3, -0.25) is 0 Å². The van der Waals surface area contributed by atoms with E-state index in [1.807, 2.05) is 5.59 Å². The number of quaternary nitrogens is 1. The monoisotopic (exact) mass is 105 g/mol. The molecule has 0 saturated carbocycles. The third-order valence-electron chi connectivity index (χ3n) is 0.254. The Balaban J connectivity index is 2.81. The van der Waals surface area contributed by atoms with E-state index in [0.717, 1.165) is 0 Å². The van der Waals surface area contributed by atoms with Gasteiger partial charge in [-0.2, -0.15) is 10.3 Å². The summed E-state index contributed by atoms with van der Waals surface area (Å²) in [6, 6.07) is 0. The Labute approximate surface area is 41.0 Å². The van der Waals surface area contributed by atoms with Crippen LogP contribution >= 0.6 is 0 Å². The third kappa shape index (κ3) is 5.35. The SMILES string of the molecule is C=NNO[NH+](C)[O-]. The van der Waals surface area contributed by atoms with Crippen molar-refractivity contribution < 1.29 is 10.2 Å². The minimum Gasteiger partial charge on any atom is -0.598 e. The molecule has 42 valence electrons. The maximum absolute atomic E-state index is 9.83. The van der Waals surface area contributed by atoms with E-state index in [0.29, 0.717) is 0 Å². The number of hydroxylamine groups is 2. The molecule has 0 amide bonds. The number of hydrogen-bond donors (Lipinski definition) is 2. The number of nitrogens with zero attached hydrogens (tertiary/aromatic N) is 1. The molecule has 0 bridgehead atoms. The summed E-state index contributed by atoms with van der Waals surface area (Å²) >= 11 is 0. The molecule has 5 nitrogen and oxygen atoms in total. The van der Waals surface area contributed by atoms with E-state index in [4.69, 9.17) is 0 Å². The Morgan fingerprint density at radius 3 is 2.71 bits per heavy atom. The van der Waals surface area contributed by atoms with Crippen LogP contribution in [0.15, 0.2) is 5.10 Å². The maximum atomic E-state index is 9.83. The molecule has 0 fully saturated rings. The zero-order valence-electron chi connectivity index (χ0n) is 3.97. The average Bonchev–Trinajstić information content (AvgIpc) is 1.61. The lowest BCUT2D eigenvalue weighted by Crippen LogP contribution is -3.03. The van der Waals surface area contributed by atoms with Crippen LogP contribution in [-0.4, -0.2) is 13.8 Å². The summed E-state index contributed by atoms with van der Waals surface area (Å²) in [6.45, 7) is 2.99. The Morgan fingerprint density at radius 1 is 2.00 bits per heavy atom. The van der Waals surface area contributed by atoms with E-state index >= 15 is 0 Å². The van der Waals surface area contributed by atoms with Gasteiger partial charge in [0.25, 0.3) is 0 Å². The number of hydrogen-bond acceptors (Lipinski definition) is 4. The fraction of sp³-hybridized carbons (Fsp3) is 0.500. The second kappa shape index (κ2) is 3.54. The van der Waals surface area contributed by atoms with Crippen LogP contribution in [0.2, 0.25) is 0 Å². The summed E-state index contributed by atoms with van der Waals surface area (Å²) in [5.41, 5.74) is 1.91. The van der Waals surface area contributed by atoms with Gasteiger partial charge in [-0.15, -0.1) is 5.59 Å². The largest absolute Gasteiger partial charge is 0.598 e. The zero-order chi connectivity index (χ0) is 5.70. The van der Waals surface area contributed by atoms with Gasteiger partial charge < -0.3 is 5.21 Å². The number of hydrazone groups is 1. The molecule has 0 aliphatic rings. The molecule has 0 rings (SSSR count). The third-order valence-corrected chi connectivity index (χ3v) is 0.254. The molecule has 0 spiro atoms. The van der Waals surface area contributed by atoms with Gasteiger partial charge in [-0.25, -0.2) is 0 Å². The van der Waals surface area contributed by atoms with Crippen molar-refractivity contribution in [3.05, 3.63) is 5.21 Å². The highest BCUT2D eigenvalue weighted by molar-refractivity contribution is 5.21. The molecule has 0 aliphatic carbocycles. The Morgan fingerprint density at radius 2 is 2.57 bits per heavy atom. The first-order chi connectivity index (χ1) is 3.27. The molecule has 1 atom stereocenters. The van der Waals surface area contributed by atoms with E-state index in [1.165, 1.54) is 7.05 Å². The van der Waals surface area contributed by atoms with Crippen molar-refractivity contribution in [3.8, 4) is 0 Å². The lowest BCUT2D eigenvalue weighted by molar-refractivity contribution is -1.05. The van der Waals surface area contributed by atoms with E-state index in [-0.39, 0.29) is 0 Å². The summed E-state index contributed by atoms with van der Waals surface area (Å²) < 4.78 is 0. The van der Waals surface area contributed by atoms with E-state index < -0.39 is 5.23 Å². The minimum absolute atomic E-state index is 0.438. The molecule has 0 heterocycles. The first kappa shape index (κ1) is 6.35. The van der Waals surface area contributed by atoms with E-state index in [2.05, 4.69) is 16.8 Å². The normalized spacial score (nSPS) is 12.9. The molecule has 0 aromatic carbocycles. The van der Waals surface area contributed by atoms with Crippen molar-refractivity contribution in [2.24, 2.45) is 5.10 Å². The van der Waals surface area contributed by atoms with Crippen LogP contribution in [0.1, 0.15) is 0 Å². The fourth-order valence-electron chi connectivity index (χ4n) is 0.0966. The van der Waals surface area contributed by atoms with Crippen molar-refractivity contribution in [1.29, 1.82) is 0 Å². The number of nitrogens with one attached hydrogen (secondary N) is 2. The Kier molecular flexibility index (Phi) is 3.21. The van der Waals surface area contributed by atoms with Crippen molar-refractivity contribution in [2.45, 2.75) is 0 Å². The van der Waals surface area contributed by atoms with Crippen molar-refractivity contribution in [2.75, 3.05) is 7.05 Å². The lowest BCUT2D eigenvalue weighted by Gasteiger charge is -2.09. The van der Waals surface area contributed by atoms with Gasteiger partial charge in [0, 0.05) is 6.72 Å². The van der Waals surface area contributed by atoms with Crippen LogP contribution in [0.4, 0.5) is 0 Å². The van der Waals surface area contributed by atoms with Crippen LogP contribution in [0.25, 0.3) is 0 Å². The van der Waals surface area contributed by atoms with Crippen molar-refractivity contribution in [1.82, 2.24) is 5.59 Å². The summed E-state index contributed by atoms with van der Waals surface area (Å²) in [5, 5.41) is 12.4. The predicted octanol–water partition coefficient (Wildman–Crippen LogP) is -1.95. The summed E-state index contributed by atoms with van der Waals surface area (Å²) in [4.78, 5) is 4.07. The van der Waals surface area contributed by atoms with Gasteiger partial charge in [0.2, 0.25) is 0 Å². The Bertz CT molecular complexity index is 54.9. The van der Waals surface area contributed by atoms with Crippen molar-refractivity contribution in [3.63, 3.8) is 0 Å². The first-order valence-electron chi connectivity index (χ1n) is 1.65. The van der Waals surface area contributed by atoms with Gasteiger partial charge in [0.05, 0.1) is 7.05 Å². The van der Waals surface area contributed by atoms with Gasteiger partial charge in [0.15, 0.2) is 0 Å². The zero-order valence-corrected chi connectivity index (χ0v) is 3.97. The summed E-state index contributed by atoms with van der Waals surface area (Å²) in [6.07, 6.45) is 0. The quantitative estimate of drug-likeness (QED) is 0.324. The standard InChI is InChI=1S/C2H7N3O2/c1-3-4-7-5(2)6/h4-5H,1H2,2H3. The lowest BCUT2D eigenvalue weighted by atomic mass is 11.5. The summed E-state index contributed by atoms with van der Waals surface area (Å²) in [7, 11) is 1.26. The second-order valence-electron chi connectivity index (χ2n) is 0.843. The molecule has 7 heavy (non-hydrogen) atoms. The average molecular weight is 105 g/mol. The highest BCUT2D eigenvalue weighted by Crippen LogP contribution is 1.41. The van der Waals surface area contributed by atoms with Crippen LogP contribution < -0.4 is 10.8 Å². The van der Waals surface area contributed by atoms with Crippen LogP contribution in [-0.2, 0) is 4.94 Å². The van der Waals surface area contributed by atoms with Gasteiger partial charge in [-0.1, -0.05) is 4.94 Å². The highest BCUT2D eigenvalue weighted by atomic mass is 17.0. The molecule has 5 heteroatoms. The van der Waals surface area contributed by atoms with Crippen LogP contribution in [0.3, 0.4) is 0 Å². The second-order valence-corrected chi connectivity index (χ2v) is 0.843. The fourth-order valence-corrected chi connectivity index (χ4v) is 0.0966. The van der Waals surface area contributed by atoms with Crippen molar-refractivity contribution >= 4 is 6.72 Å². The van der Waals surface area contributed by atoms with Gasteiger partial charge >= 0.3 is 0 Å². The highest BCUT2D eigenvalue weighted by Gasteiger charge is 1.77. The number of rotatable bonds is 3. The smallest absolute Gasteiger partial charge is 0.0987 e. The molecule has 0 saturated heterocycles. The summed E-state index contributed by atoms with van der Waals surface area (Å²) in [5.74, 6) is 0. The topological polar surface area (TPSA) is 61.1 Å². The predicted molar refractivity (Wildman–Crippen MR) is 24.0 cm³/mol. The van der Waals surface area contributed by atoms with E-state index in [9.17, 15) is 5.21 Å². The molecular weight excluding hydrogens is 98.0 g/mol. The molecule has 0 aromatic heterocycles. The van der Waals surface area contributed by atoms with Crippen LogP contribution in [0.5, 0.6) is 0 Å².